The summed E-state index contributed by atoms with van der Waals surface area (Å²) in [5, 5.41) is 11.1. The monoisotopic (exact) mass is 280 g/mol. The van der Waals surface area contributed by atoms with E-state index in [1.54, 1.807) is 10.9 Å². The number of aryl methyl sites for hydroxylation is 2. The Hall–Kier alpha value is -1.82. The first kappa shape index (κ1) is 13.6. The van der Waals surface area contributed by atoms with Gasteiger partial charge in [0, 0.05) is 19.8 Å². The van der Waals surface area contributed by atoms with Crippen LogP contribution in [0.25, 0.3) is 0 Å². The van der Waals surface area contributed by atoms with Crippen molar-refractivity contribution >= 4 is 29.1 Å². The number of hydrogen-bond acceptors (Lipinski definition) is 5. The molecule has 19 heavy (non-hydrogen) atoms. The molecule has 0 aliphatic heterocycles. The molecule has 2 aromatic heterocycles. The Bertz CT molecular complexity index is 565. The van der Waals surface area contributed by atoms with E-state index in [1.807, 2.05) is 20.2 Å². The number of nitrogens with one attached hydrogen (secondary N) is 2. The molecule has 0 atom stereocenters. The summed E-state index contributed by atoms with van der Waals surface area (Å²) >= 11 is 6.11. The van der Waals surface area contributed by atoms with Crippen molar-refractivity contribution in [1.82, 2.24) is 19.7 Å². The van der Waals surface area contributed by atoms with Gasteiger partial charge in [-0.3, -0.25) is 4.68 Å². The number of anilines is 3. The van der Waals surface area contributed by atoms with E-state index < -0.39 is 0 Å². The van der Waals surface area contributed by atoms with E-state index in [-0.39, 0.29) is 0 Å². The Morgan fingerprint density at radius 2 is 2.16 bits per heavy atom. The molecule has 2 aromatic rings. The molecule has 0 saturated heterocycles. The van der Waals surface area contributed by atoms with E-state index in [4.69, 9.17) is 11.6 Å². The van der Waals surface area contributed by atoms with Crippen LogP contribution in [0.15, 0.2) is 12.4 Å². The summed E-state index contributed by atoms with van der Waals surface area (Å²) in [4.78, 5) is 8.44. The van der Waals surface area contributed by atoms with E-state index in [9.17, 15) is 0 Å². The van der Waals surface area contributed by atoms with Crippen molar-refractivity contribution in [3.8, 4) is 0 Å². The van der Waals surface area contributed by atoms with Gasteiger partial charge in [0.2, 0.25) is 5.95 Å². The highest BCUT2D eigenvalue weighted by Crippen LogP contribution is 2.25. The molecule has 2 rings (SSSR count). The first-order valence-corrected chi connectivity index (χ1v) is 6.57. The van der Waals surface area contributed by atoms with Crippen molar-refractivity contribution in [2.75, 3.05) is 17.2 Å². The van der Waals surface area contributed by atoms with Gasteiger partial charge in [-0.05, 0) is 13.3 Å². The van der Waals surface area contributed by atoms with Crippen molar-refractivity contribution in [1.29, 1.82) is 0 Å². The van der Waals surface area contributed by atoms with Crippen LogP contribution in [0.2, 0.25) is 5.02 Å². The molecule has 0 saturated carbocycles. The van der Waals surface area contributed by atoms with Gasteiger partial charge in [0.15, 0.2) is 5.82 Å². The smallest absolute Gasteiger partial charge is 0.224 e. The molecule has 2 N–H and O–H groups in total. The van der Waals surface area contributed by atoms with Gasteiger partial charge in [0.25, 0.3) is 0 Å². The minimum atomic E-state index is 0.479. The van der Waals surface area contributed by atoms with E-state index in [1.165, 1.54) is 0 Å². The van der Waals surface area contributed by atoms with Gasteiger partial charge in [0.1, 0.15) is 5.02 Å². The van der Waals surface area contributed by atoms with Gasteiger partial charge in [-0.1, -0.05) is 18.5 Å². The SMILES string of the molecule is CCNc1ncc(Cl)c(Nc2cn(C)nc2CC)n1. The predicted molar refractivity (Wildman–Crippen MR) is 77.1 cm³/mol. The van der Waals surface area contributed by atoms with E-state index >= 15 is 0 Å². The lowest BCUT2D eigenvalue weighted by Gasteiger charge is -2.08. The second-order valence-electron chi connectivity index (χ2n) is 4.06. The fraction of sp³-hybridized carbons (Fsp3) is 0.417. The maximum Gasteiger partial charge on any atom is 0.224 e. The molecule has 0 bridgehead atoms. The maximum absolute atomic E-state index is 6.11. The number of hydrogen-bond donors (Lipinski definition) is 2. The third kappa shape index (κ3) is 3.14. The molecule has 0 aliphatic rings. The Morgan fingerprint density at radius 1 is 1.37 bits per heavy atom. The molecule has 7 heteroatoms. The summed E-state index contributed by atoms with van der Waals surface area (Å²) in [6, 6.07) is 0. The van der Waals surface area contributed by atoms with Crippen molar-refractivity contribution in [2.45, 2.75) is 20.3 Å². The van der Waals surface area contributed by atoms with Gasteiger partial charge in [0.05, 0.1) is 17.6 Å². The van der Waals surface area contributed by atoms with Crippen LogP contribution in [0, 0.1) is 0 Å². The third-order valence-electron chi connectivity index (χ3n) is 2.57. The molecule has 6 nitrogen and oxygen atoms in total. The Labute approximate surface area is 117 Å². The summed E-state index contributed by atoms with van der Waals surface area (Å²) in [6.07, 6.45) is 4.33. The van der Waals surface area contributed by atoms with E-state index in [2.05, 4.69) is 32.6 Å². The highest BCUT2D eigenvalue weighted by Gasteiger charge is 2.10. The van der Waals surface area contributed by atoms with Gasteiger partial charge in [-0.2, -0.15) is 10.1 Å². The molecule has 0 radical (unpaired) electrons. The standard InChI is InChI=1S/C12H17ClN6/c1-4-9-10(7-19(3)18-9)16-11-8(13)6-15-12(17-11)14-5-2/h6-7H,4-5H2,1-3H3,(H2,14,15,16,17). The largest absolute Gasteiger partial charge is 0.354 e. The summed E-state index contributed by atoms with van der Waals surface area (Å²) in [7, 11) is 1.88. The Morgan fingerprint density at radius 3 is 2.84 bits per heavy atom. The van der Waals surface area contributed by atoms with Gasteiger partial charge in [-0.25, -0.2) is 4.98 Å². The molecule has 102 valence electrons. The zero-order chi connectivity index (χ0) is 13.8. The van der Waals surface area contributed by atoms with Crippen LogP contribution in [-0.4, -0.2) is 26.3 Å². The molecule has 0 aliphatic carbocycles. The fourth-order valence-corrected chi connectivity index (χ4v) is 1.86. The highest BCUT2D eigenvalue weighted by molar-refractivity contribution is 6.32. The highest BCUT2D eigenvalue weighted by atomic mass is 35.5. The molecule has 0 unspecified atom stereocenters. The van der Waals surface area contributed by atoms with E-state index in [0.717, 1.165) is 24.3 Å². The van der Waals surface area contributed by atoms with E-state index in [0.29, 0.717) is 16.8 Å². The topological polar surface area (TPSA) is 67.7 Å². The molecule has 0 amide bonds. The van der Waals surface area contributed by atoms with Crippen LogP contribution in [0.3, 0.4) is 0 Å². The lowest BCUT2D eigenvalue weighted by molar-refractivity contribution is 0.746. The van der Waals surface area contributed by atoms with Crippen molar-refractivity contribution in [3.05, 3.63) is 23.1 Å². The minimum Gasteiger partial charge on any atom is -0.354 e. The van der Waals surface area contributed by atoms with Crippen LogP contribution in [0.4, 0.5) is 17.5 Å². The Kier molecular flexibility index (Phi) is 4.21. The predicted octanol–water partition coefficient (Wildman–Crippen LogP) is 2.60. The van der Waals surface area contributed by atoms with Crippen LogP contribution >= 0.6 is 11.6 Å². The first-order chi connectivity index (χ1) is 9.13. The van der Waals surface area contributed by atoms with Crippen molar-refractivity contribution in [2.24, 2.45) is 7.05 Å². The average Bonchev–Trinajstić information content (AvgIpc) is 2.74. The normalized spacial score (nSPS) is 10.5. The lowest BCUT2D eigenvalue weighted by atomic mass is 10.3. The number of aromatic nitrogens is 4. The summed E-state index contributed by atoms with van der Waals surface area (Å²) in [5.41, 5.74) is 1.88. The second kappa shape index (κ2) is 5.88. The van der Waals surface area contributed by atoms with Gasteiger partial charge < -0.3 is 10.6 Å². The Balaban J connectivity index is 2.28. The van der Waals surface area contributed by atoms with Crippen LogP contribution in [0.1, 0.15) is 19.5 Å². The van der Waals surface area contributed by atoms with Crippen molar-refractivity contribution in [3.63, 3.8) is 0 Å². The third-order valence-corrected chi connectivity index (χ3v) is 2.85. The molecule has 0 spiro atoms. The summed E-state index contributed by atoms with van der Waals surface area (Å²) in [5.74, 6) is 1.13. The minimum absolute atomic E-state index is 0.479. The molecular formula is C12H17ClN6. The molecular weight excluding hydrogens is 264 g/mol. The maximum atomic E-state index is 6.11. The summed E-state index contributed by atoms with van der Waals surface area (Å²) < 4.78 is 1.77. The van der Waals surface area contributed by atoms with Crippen LogP contribution in [-0.2, 0) is 13.5 Å². The number of halogens is 1. The molecule has 0 fully saturated rings. The molecule has 2 heterocycles. The quantitative estimate of drug-likeness (QED) is 0.881. The zero-order valence-electron chi connectivity index (χ0n) is 11.2. The second-order valence-corrected chi connectivity index (χ2v) is 4.47. The summed E-state index contributed by atoms with van der Waals surface area (Å²) in [6.45, 7) is 4.80. The number of nitrogens with zero attached hydrogens (tertiary/aromatic N) is 4. The first-order valence-electron chi connectivity index (χ1n) is 6.20. The zero-order valence-corrected chi connectivity index (χ0v) is 12.0. The van der Waals surface area contributed by atoms with Crippen molar-refractivity contribution < 1.29 is 0 Å². The van der Waals surface area contributed by atoms with Gasteiger partial charge >= 0.3 is 0 Å². The fourth-order valence-electron chi connectivity index (χ4n) is 1.73. The average molecular weight is 281 g/mol. The molecule has 0 aromatic carbocycles. The lowest BCUT2D eigenvalue weighted by Crippen LogP contribution is -2.04. The van der Waals surface area contributed by atoms with Gasteiger partial charge in [-0.15, -0.1) is 0 Å². The van der Waals surface area contributed by atoms with Crippen LogP contribution < -0.4 is 10.6 Å². The van der Waals surface area contributed by atoms with Crippen LogP contribution in [0.5, 0.6) is 0 Å². The number of rotatable bonds is 5.